The lowest BCUT2D eigenvalue weighted by Crippen LogP contribution is -2.43. The summed E-state index contributed by atoms with van der Waals surface area (Å²) in [6.07, 6.45) is 7.13. The lowest BCUT2D eigenvalue weighted by atomic mass is 10.2. The van der Waals surface area contributed by atoms with Gasteiger partial charge in [-0.2, -0.15) is 0 Å². The second-order valence-corrected chi connectivity index (χ2v) is 9.27. The van der Waals surface area contributed by atoms with Gasteiger partial charge < -0.3 is 26.0 Å². The zero-order chi connectivity index (χ0) is 30.3. The summed E-state index contributed by atoms with van der Waals surface area (Å²) in [5.41, 5.74) is 1.42. The third-order valence-corrected chi connectivity index (χ3v) is 5.41. The smallest absolute Gasteiger partial charge is 0.199 e. The van der Waals surface area contributed by atoms with Gasteiger partial charge in [0.2, 0.25) is 0 Å². The van der Waals surface area contributed by atoms with Gasteiger partial charge in [-0.25, -0.2) is 0 Å². The third-order valence-electron chi connectivity index (χ3n) is 4.91. The number of unbranched alkanes of at least 4 members (excludes halogenated alkanes) is 3. The van der Waals surface area contributed by atoms with Crippen molar-refractivity contribution in [2.24, 2.45) is 0 Å². The summed E-state index contributed by atoms with van der Waals surface area (Å²) in [6, 6.07) is 13.9. The highest BCUT2D eigenvalue weighted by Crippen LogP contribution is 2.13. The number of benzene rings is 2. The van der Waals surface area contributed by atoms with Gasteiger partial charge in [0, 0.05) is 34.5 Å². The summed E-state index contributed by atoms with van der Waals surface area (Å²) in [5, 5.41) is 49.5. The summed E-state index contributed by atoms with van der Waals surface area (Å²) in [7, 11) is 0. The van der Waals surface area contributed by atoms with Crippen LogP contribution < -0.4 is 31.9 Å². The molecule has 0 radical (unpaired) electrons. The van der Waals surface area contributed by atoms with Gasteiger partial charge in [0.25, 0.3) is 0 Å². The van der Waals surface area contributed by atoms with Crippen LogP contribution in [0.4, 0.5) is 11.4 Å². The van der Waals surface area contributed by atoms with Crippen molar-refractivity contribution in [2.45, 2.75) is 25.7 Å². The molecule has 41 heavy (non-hydrogen) atoms. The number of hydrogen-bond donors (Lipinski definition) is 10. The molecule has 222 valence electrons. The van der Waals surface area contributed by atoms with Crippen LogP contribution in [0.15, 0.2) is 73.8 Å². The quantitative estimate of drug-likeness (QED) is 0.0618. The Morgan fingerprint density at radius 3 is 1.32 bits per heavy atom. The molecule has 2 aromatic carbocycles. The highest BCUT2D eigenvalue weighted by atomic mass is 35.5. The molecule has 0 bridgehead atoms. The van der Waals surface area contributed by atoms with Crippen molar-refractivity contribution in [3.8, 4) is 0 Å². The zero-order valence-electron chi connectivity index (χ0n) is 23.0. The Morgan fingerprint density at radius 1 is 0.610 bits per heavy atom. The summed E-state index contributed by atoms with van der Waals surface area (Å²) in [5.74, 6) is 0.112. The number of halogens is 2. The molecule has 0 aliphatic heterocycles. The van der Waals surface area contributed by atoms with E-state index in [1.165, 1.54) is 0 Å². The van der Waals surface area contributed by atoms with Gasteiger partial charge in [0.15, 0.2) is 23.8 Å². The highest BCUT2D eigenvalue weighted by molar-refractivity contribution is 6.31. The fraction of sp³-hybridized carbons (Fsp3) is 0.286. The fourth-order valence-corrected chi connectivity index (χ4v) is 3.27. The van der Waals surface area contributed by atoms with E-state index in [4.69, 9.17) is 49.6 Å². The normalized spacial score (nSPS) is 9.71. The molecule has 2 aromatic rings. The second-order valence-electron chi connectivity index (χ2n) is 8.40. The van der Waals surface area contributed by atoms with E-state index in [-0.39, 0.29) is 23.8 Å². The van der Waals surface area contributed by atoms with Crippen LogP contribution in [-0.2, 0) is 4.74 Å². The molecule has 0 saturated carbocycles. The average Bonchev–Trinajstić information content (AvgIpc) is 2.93. The molecule has 10 N–H and O–H groups in total. The molecule has 0 aliphatic carbocycles. The summed E-state index contributed by atoms with van der Waals surface area (Å²) in [6.45, 7) is 9.43. The van der Waals surface area contributed by atoms with E-state index in [0.29, 0.717) is 47.7 Å². The monoisotopic (exact) mass is 602 g/mol. The number of anilines is 2. The predicted octanol–water partition coefficient (Wildman–Crippen LogP) is 5.55. The minimum absolute atomic E-state index is 0.00148. The Kier molecular flexibility index (Phi) is 18.5. The lowest BCUT2D eigenvalue weighted by molar-refractivity contribution is 0.194. The molecule has 13 heteroatoms. The molecule has 0 fully saturated rings. The first kappa shape index (κ1) is 35.0. The topological polar surface area (TPSA) is 177 Å². The Morgan fingerprint density at radius 2 is 0.976 bits per heavy atom. The summed E-state index contributed by atoms with van der Waals surface area (Å²) < 4.78 is 4.90. The zero-order valence-corrected chi connectivity index (χ0v) is 24.5. The Labute approximate surface area is 252 Å². The maximum atomic E-state index is 7.86. The maximum Gasteiger partial charge on any atom is 0.199 e. The van der Waals surface area contributed by atoms with Crippen molar-refractivity contribution in [3.63, 3.8) is 0 Å². The van der Waals surface area contributed by atoms with Crippen LogP contribution >= 0.6 is 23.2 Å². The molecule has 0 unspecified atom stereocenters. The van der Waals surface area contributed by atoms with Crippen LogP contribution in [0.2, 0.25) is 10.0 Å². The van der Waals surface area contributed by atoms with E-state index in [1.54, 1.807) is 60.7 Å². The highest BCUT2D eigenvalue weighted by Gasteiger charge is 2.03. The van der Waals surface area contributed by atoms with Crippen LogP contribution in [0.3, 0.4) is 0 Å². The van der Waals surface area contributed by atoms with Gasteiger partial charge in [0.1, 0.15) is 0 Å². The fourth-order valence-electron chi connectivity index (χ4n) is 3.02. The third kappa shape index (κ3) is 18.8. The summed E-state index contributed by atoms with van der Waals surface area (Å²) in [4.78, 5) is 0. The molecule has 0 aliphatic rings. The van der Waals surface area contributed by atoms with Gasteiger partial charge in [-0.1, -0.05) is 48.2 Å². The van der Waals surface area contributed by atoms with E-state index in [1.807, 2.05) is 0 Å². The van der Waals surface area contributed by atoms with Crippen LogP contribution in [0, 0.1) is 21.6 Å². The minimum atomic E-state index is -0.00148. The van der Waals surface area contributed by atoms with E-state index in [0.717, 1.165) is 25.7 Å². The van der Waals surface area contributed by atoms with Crippen LogP contribution in [0.5, 0.6) is 0 Å². The number of guanidine groups is 4. The minimum Gasteiger partial charge on any atom is -0.373 e. The molecule has 11 nitrogen and oxygen atoms in total. The van der Waals surface area contributed by atoms with Crippen LogP contribution in [0.25, 0.3) is 0 Å². The van der Waals surface area contributed by atoms with E-state index in [9.17, 15) is 0 Å². The first-order valence-corrected chi connectivity index (χ1v) is 13.7. The number of ether oxygens (including phenoxy) is 1. The van der Waals surface area contributed by atoms with Gasteiger partial charge in [0.05, 0.1) is 13.2 Å². The SMILES string of the molecule is C=CCOCC=C.N=C(NCCCCCCNC(=N)NC(=N)Nc1ccc(Cl)cc1)NC(=N)Nc1ccc(Cl)cc1. The van der Waals surface area contributed by atoms with Gasteiger partial charge in [-0.05, 0) is 61.4 Å². The molecule has 0 amide bonds. The van der Waals surface area contributed by atoms with E-state index in [2.05, 4.69) is 45.1 Å². The molecule has 2 rings (SSSR count). The predicted molar refractivity (Wildman–Crippen MR) is 173 cm³/mol. The van der Waals surface area contributed by atoms with Crippen molar-refractivity contribution in [1.82, 2.24) is 21.3 Å². The molecule has 0 atom stereocenters. The lowest BCUT2D eigenvalue weighted by Gasteiger charge is -2.13. The van der Waals surface area contributed by atoms with Crippen molar-refractivity contribution < 1.29 is 4.74 Å². The maximum absolute atomic E-state index is 7.86. The molecule has 0 saturated heterocycles. The van der Waals surface area contributed by atoms with Gasteiger partial charge in [-0.15, -0.1) is 13.2 Å². The molecule has 0 heterocycles. The second kappa shape index (κ2) is 21.7. The Balaban J connectivity index is 0.00000106. The van der Waals surface area contributed by atoms with Gasteiger partial charge >= 0.3 is 0 Å². The number of rotatable bonds is 13. The molecular weight excluding hydrogens is 563 g/mol. The average molecular weight is 604 g/mol. The van der Waals surface area contributed by atoms with Crippen LogP contribution in [-0.4, -0.2) is 50.1 Å². The molecule has 0 aromatic heterocycles. The summed E-state index contributed by atoms with van der Waals surface area (Å²) >= 11 is 11.7. The largest absolute Gasteiger partial charge is 0.373 e. The molecular formula is C28H40Cl2N10O. The number of nitrogens with one attached hydrogen (secondary N) is 10. The first-order chi connectivity index (χ1) is 19.7. The van der Waals surface area contributed by atoms with Crippen molar-refractivity contribution in [2.75, 3.05) is 36.9 Å². The van der Waals surface area contributed by atoms with Crippen molar-refractivity contribution in [1.29, 1.82) is 21.6 Å². The standard InChI is InChI=1S/C22H30Cl2N10.C6H10O/c23-15-5-9-17(10-6-15)31-21(27)33-19(25)29-13-3-1-2-4-14-30-20(26)34-22(28)32-18-11-7-16(24)8-12-18;1-3-5-7-6-4-2/h5-12H,1-4,13-14H2,(H5,25,27,29,31,33)(H5,26,28,30,32,34);3-4H,1-2,5-6H2. The first-order valence-electron chi connectivity index (χ1n) is 12.9. The molecule has 0 spiro atoms. The van der Waals surface area contributed by atoms with Gasteiger partial charge in [-0.3, -0.25) is 32.3 Å². The Bertz CT molecular complexity index is 1020. The number of hydrogen-bond acceptors (Lipinski definition) is 5. The van der Waals surface area contributed by atoms with Crippen LogP contribution in [0.1, 0.15) is 25.7 Å². The van der Waals surface area contributed by atoms with Crippen molar-refractivity contribution in [3.05, 3.63) is 83.9 Å². The van der Waals surface area contributed by atoms with E-state index >= 15 is 0 Å². The van der Waals surface area contributed by atoms with Crippen molar-refractivity contribution >= 4 is 58.4 Å². The van der Waals surface area contributed by atoms with E-state index < -0.39 is 0 Å². The Hall–Kier alpha value is -4.06.